The molecule has 1 aromatic rings. The SMILES string of the molecule is COC1(OC)CCC2C(C)NCCC23c2c(C)cccc2OC13. The predicted octanol–water partition coefficient (Wildman–Crippen LogP) is 2.77. The fourth-order valence-electron chi connectivity index (χ4n) is 5.59. The van der Waals surface area contributed by atoms with Crippen LogP contribution in [-0.2, 0) is 14.9 Å². The van der Waals surface area contributed by atoms with Gasteiger partial charge in [-0.2, -0.15) is 0 Å². The van der Waals surface area contributed by atoms with Crippen molar-refractivity contribution < 1.29 is 14.2 Å². The van der Waals surface area contributed by atoms with Crippen LogP contribution in [0.5, 0.6) is 5.75 Å². The summed E-state index contributed by atoms with van der Waals surface area (Å²) in [6.07, 6.45) is 2.95. The van der Waals surface area contributed by atoms with E-state index in [0.29, 0.717) is 12.0 Å². The average molecular weight is 317 g/mol. The molecule has 4 heteroatoms. The predicted molar refractivity (Wildman–Crippen MR) is 88.8 cm³/mol. The highest BCUT2D eigenvalue weighted by Crippen LogP contribution is 2.60. The lowest BCUT2D eigenvalue weighted by atomic mass is 9.54. The molecule has 3 aliphatic rings. The third-order valence-corrected chi connectivity index (χ3v) is 6.58. The fourth-order valence-corrected chi connectivity index (χ4v) is 5.59. The third kappa shape index (κ3) is 1.83. The van der Waals surface area contributed by atoms with Gasteiger partial charge in [-0.25, -0.2) is 0 Å². The van der Waals surface area contributed by atoms with E-state index in [9.17, 15) is 0 Å². The summed E-state index contributed by atoms with van der Waals surface area (Å²) in [7, 11) is 3.50. The lowest BCUT2D eigenvalue weighted by molar-refractivity contribution is -0.288. The summed E-state index contributed by atoms with van der Waals surface area (Å²) in [5.74, 6) is 0.912. The van der Waals surface area contributed by atoms with Crippen LogP contribution in [-0.4, -0.2) is 38.7 Å². The number of ether oxygens (including phenoxy) is 3. The Hall–Kier alpha value is -1.10. The summed E-state index contributed by atoms with van der Waals surface area (Å²) < 4.78 is 18.4. The normalized spacial score (nSPS) is 37.5. The molecule has 4 atom stereocenters. The van der Waals surface area contributed by atoms with Gasteiger partial charge in [0.05, 0.1) is 0 Å². The first-order valence-corrected chi connectivity index (χ1v) is 8.69. The zero-order chi connectivity index (χ0) is 16.2. The summed E-state index contributed by atoms with van der Waals surface area (Å²) in [6, 6.07) is 6.88. The van der Waals surface area contributed by atoms with Gasteiger partial charge in [0.15, 0.2) is 6.10 Å². The summed E-state index contributed by atoms with van der Waals surface area (Å²) >= 11 is 0. The van der Waals surface area contributed by atoms with Crippen molar-refractivity contribution in [2.75, 3.05) is 20.8 Å². The molecule has 0 bridgehead atoms. The van der Waals surface area contributed by atoms with E-state index in [1.165, 1.54) is 11.1 Å². The Balaban J connectivity index is 1.94. The maximum absolute atomic E-state index is 6.52. The lowest BCUT2D eigenvalue weighted by Gasteiger charge is -2.56. The molecule has 1 aliphatic carbocycles. The highest BCUT2D eigenvalue weighted by atomic mass is 16.7. The number of fused-ring (bicyclic) bond motifs is 1. The molecule has 1 saturated carbocycles. The minimum Gasteiger partial charge on any atom is -0.484 e. The van der Waals surface area contributed by atoms with E-state index in [4.69, 9.17) is 14.2 Å². The first-order chi connectivity index (χ1) is 11.1. The molecule has 1 saturated heterocycles. The first kappa shape index (κ1) is 15.4. The Labute approximate surface area is 138 Å². The summed E-state index contributed by atoms with van der Waals surface area (Å²) in [5.41, 5.74) is 2.70. The lowest BCUT2D eigenvalue weighted by Crippen LogP contribution is -2.68. The number of aryl methyl sites for hydroxylation is 1. The Morgan fingerprint density at radius 1 is 1.22 bits per heavy atom. The highest BCUT2D eigenvalue weighted by Gasteiger charge is 2.67. The molecule has 0 radical (unpaired) electrons. The number of hydrogen-bond donors (Lipinski definition) is 1. The van der Waals surface area contributed by atoms with Gasteiger partial charge in [0.1, 0.15) is 5.75 Å². The van der Waals surface area contributed by atoms with Crippen molar-refractivity contribution in [3.8, 4) is 5.75 Å². The second kappa shape index (κ2) is 5.20. The molecule has 4 rings (SSSR count). The van der Waals surface area contributed by atoms with Crippen LogP contribution < -0.4 is 10.1 Å². The van der Waals surface area contributed by atoms with Crippen molar-refractivity contribution >= 4 is 0 Å². The van der Waals surface area contributed by atoms with Crippen LogP contribution >= 0.6 is 0 Å². The van der Waals surface area contributed by atoms with Gasteiger partial charge in [0.25, 0.3) is 0 Å². The largest absolute Gasteiger partial charge is 0.484 e. The van der Waals surface area contributed by atoms with Gasteiger partial charge >= 0.3 is 0 Å². The van der Waals surface area contributed by atoms with E-state index in [1.54, 1.807) is 14.2 Å². The second-order valence-electron chi connectivity index (χ2n) is 7.34. The van der Waals surface area contributed by atoms with Gasteiger partial charge in [0.2, 0.25) is 5.79 Å². The minimum atomic E-state index is -0.654. The maximum Gasteiger partial charge on any atom is 0.206 e. The Bertz CT molecular complexity index is 613. The van der Waals surface area contributed by atoms with Crippen LogP contribution in [0.2, 0.25) is 0 Å². The van der Waals surface area contributed by atoms with E-state index in [1.807, 2.05) is 0 Å². The van der Waals surface area contributed by atoms with Crippen molar-refractivity contribution in [3.05, 3.63) is 29.3 Å². The standard InChI is InChI=1S/C19H27NO3/c1-12-6-5-7-15-16(12)18-10-11-20-13(2)14(18)8-9-19(21-3,22-4)17(18)23-15/h5-7,13-14,17,20H,8-11H2,1-4H3. The molecule has 1 N–H and O–H groups in total. The molecule has 4 unspecified atom stereocenters. The average Bonchev–Trinajstić information content (AvgIpc) is 2.90. The molecular weight excluding hydrogens is 290 g/mol. The van der Waals surface area contributed by atoms with Gasteiger partial charge in [-0.15, -0.1) is 0 Å². The van der Waals surface area contributed by atoms with Crippen molar-refractivity contribution in [2.45, 2.75) is 56.5 Å². The van der Waals surface area contributed by atoms with E-state index in [0.717, 1.165) is 31.6 Å². The zero-order valence-electron chi connectivity index (χ0n) is 14.5. The van der Waals surface area contributed by atoms with Crippen LogP contribution in [0.25, 0.3) is 0 Å². The van der Waals surface area contributed by atoms with Crippen LogP contribution in [0.3, 0.4) is 0 Å². The Kier molecular flexibility index (Phi) is 3.49. The first-order valence-electron chi connectivity index (χ1n) is 8.69. The zero-order valence-corrected chi connectivity index (χ0v) is 14.5. The molecule has 2 fully saturated rings. The number of methoxy groups -OCH3 is 2. The number of benzene rings is 1. The fraction of sp³-hybridized carbons (Fsp3) is 0.684. The number of piperidine rings is 1. The van der Waals surface area contributed by atoms with Crippen molar-refractivity contribution in [2.24, 2.45) is 5.92 Å². The van der Waals surface area contributed by atoms with Crippen LogP contribution in [0.1, 0.15) is 37.3 Å². The molecule has 23 heavy (non-hydrogen) atoms. The van der Waals surface area contributed by atoms with Gasteiger partial charge in [-0.3, -0.25) is 0 Å². The summed E-state index contributed by atoms with van der Waals surface area (Å²) in [6.45, 7) is 5.53. The molecule has 0 aromatic heterocycles. The second-order valence-corrected chi connectivity index (χ2v) is 7.34. The van der Waals surface area contributed by atoms with Crippen molar-refractivity contribution in [3.63, 3.8) is 0 Å². The Morgan fingerprint density at radius 2 is 2.00 bits per heavy atom. The van der Waals surface area contributed by atoms with Crippen LogP contribution in [0, 0.1) is 12.8 Å². The summed E-state index contributed by atoms with van der Waals surface area (Å²) in [4.78, 5) is 0. The van der Waals surface area contributed by atoms with E-state index in [2.05, 4.69) is 37.4 Å². The monoisotopic (exact) mass is 317 g/mol. The number of nitrogens with one attached hydrogen (secondary N) is 1. The molecule has 1 aromatic carbocycles. The van der Waals surface area contributed by atoms with E-state index < -0.39 is 5.79 Å². The number of rotatable bonds is 2. The molecule has 0 amide bonds. The van der Waals surface area contributed by atoms with Gasteiger partial charge in [0, 0.05) is 37.7 Å². The quantitative estimate of drug-likeness (QED) is 0.852. The molecule has 4 nitrogen and oxygen atoms in total. The molecule has 2 heterocycles. The topological polar surface area (TPSA) is 39.7 Å². The van der Waals surface area contributed by atoms with Crippen molar-refractivity contribution in [1.82, 2.24) is 5.32 Å². The van der Waals surface area contributed by atoms with E-state index in [-0.39, 0.29) is 11.5 Å². The summed E-state index contributed by atoms with van der Waals surface area (Å²) in [5, 5.41) is 3.67. The van der Waals surface area contributed by atoms with Crippen molar-refractivity contribution in [1.29, 1.82) is 0 Å². The van der Waals surface area contributed by atoms with Gasteiger partial charge < -0.3 is 19.5 Å². The molecule has 2 aliphatic heterocycles. The smallest absolute Gasteiger partial charge is 0.206 e. The van der Waals surface area contributed by atoms with Gasteiger partial charge in [-0.05, 0) is 50.8 Å². The van der Waals surface area contributed by atoms with E-state index >= 15 is 0 Å². The molecular formula is C19H27NO3. The third-order valence-electron chi connectivity index (χ3n) is 6.58. The molecule has 126 valence electrons. The molecule has 1 spiro atoms. The van der Waals surface area contributed by atoms with Crippen LogP contribution in [0.15, 0.2) is 18.2 Å². The highest BCUT2D eigenvalue weighted by molar-refractivity contribution is 5.52. The maximum atomic E-state index is 6.52. The van der Waals surface area contributed by atoms with Crippen LogP contribution in [0.4, 0.5) is 0 Å². The van der Waals surface area contributed by atoms with Gasteiger partial charge in [-0.1, -0.05) is 12.1 Å². The Morgan fingerprint density at radius 3 is 2.74 bits per heavy atom. The number of hydrogen-bond acceptors (Lipinski definition) is 4. The minimum absolute atomic E-state index is 0.0182.